The van der Waals surface area contributed by atoms with E-state index in [1.54, 1.807) is 12.1 Å². The third-order valence-electron chi connectivity index (χ3n) is 4.39. The monoisotopic (exact) mass is 329 g/mol. The molecule has 0 saturated carbocycles. The Kier molecular flexibility index (Phi) is 3.60. The van der Waals surface area contributed by atoms with Crippen LogP contribution in [0.4, 0.5) is 0 Å². The Morgan fingerprint density at radius 2 is 1.75 bits per heavy atom. The van der Waals surface area contributed by atoms with E-state index in [1.165, 1.54) is 0 Å². The Morgan fingerprint density at radius 1 is 1.15 bits per heavy atom. The summed E-state index contributed by atoms with van der Waals surface area (Å²) in [7, 11) is 0.00604. The summed E-state index contributed by atoms with van der Waals surface area (Å²) in [5.74, 6) is 0. The van der Waals surface area contributed by atoms with Gasteiger partial charge in [0.05, 0.1) is 4.90 Å². The van der Waals surface area contributed by atoms with Crippen molar-refractivity contribution in [1.82, 2.24) is 4.23 Å². The van der Waals surface area contributed by atoms with Crippen molar-refractivity contribution in [2.24, 2.45) is 0 Å². The van der Waals surface area contributed by atoms with Crippen molar-refractivity contribution in [3.8, 4) is 0 Å². The van der Waals surface area contributed by atoms with Crippen LogP contribution in [0.2, 0.25) is 18.1 Å². The van der Waals surface area contributed by atoms with Gasteiger partial charge in [-0.05, 0) is 29.4 Å². The average molecular weight is 330 g/mol. The third kappa shape index (κ3) is 2.42. The number of benzene rings is 1. The van der Waals surface area contributed by atoms with Gasteiger partial charge in [-0.15, -0.1) is 0 Å². The number of aromatic nitrogens is 1. The fourth-order valence-corrected chi connectivity index (χ4v) is 5.25. The molecule has 0 spiro atoms. The maximum absolute atomic E-state index is 11.7. The number of fused-ring (bicyclic) bond motifs is 1. The Morgan fingerprint density at radius 3 is 2.25 bits per heavy atom. The standard InChI is InChI=1S/C14H20ClNO2SSi/c1-14(2,3)20(4,5)16-10-9-11-12(16)7-6-8-13(11)19(15,17)18/h6-10H,1-5H3. The summed E-state index contributed by atoms with van der Waals surface area (Å²) in [6, 6.07) is 7.12. The van der Waals surface area contributed by atoms with E-state index in [1.807, 2.05) is 18.3 Å². The summed E-state index contributed by atoms with van der Waals surface area (Å²) in [6.45, 7) is 11.3. The van der Waals surface area contributed by atoms with Gasteiger partial charge < -0.3 is 4.23 Å². The first-order chi connectivity index (χ1) is 8.96. The minimum atomic E-state index is -3.72. The summed E-state index contributed by atoms with van der Waals surface area (Å²) < 4.78 is 25.6. The third-order valence-corrected chi connectivity index (χ3v) is 11.0. The lowest BCUT2D eigenvalue weighted by Gasteiger charge is -2.38. The number of halogens is 1. The SMILES string of the molecule is CC(C)(C)[Si](C)(C)n1ccc2c(S(=O)(=O)Cl)cccc21. The minimum Gasteiger partial charge on any atom is -0.374 e. The van der Waals surface area contributed by atoms with Crippen LogP contribution in [0.25, 0.3) is 10.9 Å². The predicted octanol–water partition coefficient (Wildman–Crippen LogP) is 4.42. The Balaban J connectivity index is 2.79. The molecular formula is C14H20ClNO2SSi. The molecular weight excluding hydrogens is 310 g/mol. The first kappa shape index (κ1) is 15.6. The molecule has 0 radical (unpaired) electrons. The molecule has 3 nitrogen and oxygen atoms in total. The van der Waals surface area contributed by atoms with E-state index in [0.29, 0.717) is 5.39 Å². The van der Waals surface area contributed by atoms with Crippen LogP contribution < -0.4 is 0 Å². The number of hydrogen-bond acceptors (Lipinski definition) is 2. The van der Waals surface area contributed by atoms with Gasteiger partial charge in [0, 0.05) is 21.6 Å². The molecule has 1 aromatic carbocycles. The molecule has 6 heteroatoms. The molecule has 20 heavy (non-hydrogen) atoms. The topological polar surface area (TPSA) is 39.1 Å². The van der Waals surface area contributed by atoms with Gasteiger partial charge in [-0.2, -0.15) is 0 Å². The van der Waals surface area contributed by atoms with Crippen molar-refractivity contribution < 1.29 is 8.42 Å². The Hall–Kier alpha value is -0.783. The lowest BCUT2D eigenvalue weighted by atomic mass is 10.2. The molecule has 110 valence electrons. The zero-order valence-corrected chi connectivity index (χ0v) is 15.0. The molecule has 0 atom stereocenters. The van der Waals surface area contributed by atoms with Crippen molar-refractivity contribution in [1.29, 1.82) is 0 Å². The first-order valence-corrected chi connectivity index (χ1v) is 11.8. The molecule has 0 saturated heterocycles. The van der Waals surface area contributed by atoms with Crippen LogP contribution in [0, 0.1) is 0 Å². The van der Waals surface area contributed by atoms with Crippen molar-refractivity contribution in [3.63, 3.8) is 0 Å². The van der Waals surface area contributed by atoms with E-state index in [0.717, 1.165) is 5.52 Å². The number of nitrogens with zero attached hydrogens (tertiary/aromatic N) is 1. The molecule has 0 amide bonds. The van der Waals surface area contributed by atoms with Crippen LogP contribution in [0.1, 0.15) is 20.8 Å². The van der Waals surface area contributed by atoms with Crippen molar-refractivity contribution >= 4 is 38.9 Å². The van der Waals surface area contributed by atoms with Crippen molar-refractivity contribution in [2.45, 2.75) is 43.8 Å². The summed E-state index contributed by atoms with van der Waals surface area (Å²) >= 11 is 0. The lowest BCUT2D eigenvalue weighted by molar-refractivity contribution is 0.610. The Labute approximate surface area is 126 Å². The highest BCUT2D eigenvalue weighted by Gasteiger charge is 2.38. The predicted molar refractivity (Wildman–Crippen MR) is 87.6 cm³/mol. The molecule has 0 aliphatic rings. The summed E-state index contributed by atoms with van der Waals surface area (Å²) in [6.07, 6.45) is 1.99. The van der Waals surface area contributed by atoms with Crippen LogP contribution in [0.3, 0.4) is 0 Å². The van der Waals surface area contributed by atoms with E-state index < -0.39 is 17.3 Å². The minimum absolute atomic E-state index is 0.162. The van der Waals surface area contributed by atoms with Gasteiger partial charge in [-0.25, -0.2) is 8.42 Å². The van der Waals surface area contributed by atoms with Gasteiger partial charge >= 0.3 is 0 Å². The highest BCUT2D eigenvalue weighted by Crippen LogP contribution is 2.39. The summed E-state index contributed by atoms with van der Waals surface area (Å²) in [5, 5.41) is 0.863. The van der Waals surface area contributed by atoms with Crippen LogP contribution >= 0.6 is 10.7 Å². The van der Waals surface area contributed by atoms with Gasteiger partial charge in [-0.3, -0.25) is 0 Å². The average Bonchev–Trinajstić information content (AvgIpc) is 2.69. The molecule has 0 aliphatic carbocycles. The highest BCUT2D eigenvalue weighted by molar-refractivity contribution is 8.14. The van der Waals surface area contributed by atoms with E-state index in [9.17, 15) is 8.42 Å². The quantitative estimate of drug-likeness (QED) is 0.604. The normalized spacial score (nSPS) is 13.9. The smallest absolute Gasteiger partial charge is 0.261 e. The van der Waals surface area contributed by atoms with Gasteiger partial charge in [0.1, 0.15) is 0 Å². The summed E-state index contributed by atoms with van der Waals surface area (Å²) in [4.78, 5) is 0.189. The van der Waals surface area contributed by atoms with Crippen molar-refractivity contribution in [3.05, 3.63) is 30.5 Å². The number of rotatable bonds is 2. The van der Waals surface area contributed by atoms with Gasteiger partial charge in [0.25, 0.3) is 9.05 Å². The van der Waals surface area contributed by atoms with E-state index in [-0.39, 0.29) is 9.93 Å². The molecule has 1 aromatic heterocycles. The second-order valence-electron chi connectivity index (χ2n) is 6.62. The largest absolute Gasteiger partial charge is 0.374 e. The molecule has 0 fully saturated rings. The van der Waals surface area contributed by atoms with Crippen LogP contribution in [0.5, 0.6) is 0 Å². The van der Waals surface area contributed by atoms with E-state index >= 15 is 0 Å². The molecule has 0 bridgehead atoms. The van der Waals surface area contributed by atoms with E-state index in [2.05, 4.69) is 38.1 Å². The molecule has 0 aliphatic heterocycles. The second kappa shape index (κ2) is 4.61. The maximum Gasteiger partial charge on any atom is 0.261 e. The second-order valence-corrected chi connectivity index (χ2v) is 14.3. The zero-order valence-electron chi connectivity index (χ0n) is 12.4. The van der Waals surface area contributed by atoms with Gasteiger partial charge in [-0.1, -0.05) is 39.9 Å². The molecule has 0 unspecified atom stereocenters. The maximum atomic E-state index is 11.7. The van der Waals surface area contributed by atoms with Crippen molar-refractivity contribution in [2.75, 3.05) is 0 Å². The fourth-order valence-electron chi connectivity index (χ4n) is 2.20. The lowest BCUT2D eigenvalue weighted by Crippen LogP contribution is -2.44. The first-order valence-electron chi connectivity index (χ1n) is 6.51. The summed E-state index contributed by atoms with van der Waals surface area (Å²) in [5.41, 5.74) is 0.943. The molecule has 2 aromatic rings. The van der Waals surface area contributed by atoms with Gasteiger partial charge in [0.15, 0.2) is 8.24 Å². The van der Waals surface area contributed by atoms with E-state index in [4.69, 9.17) is 10.7 Å². The number of hydrogen-bond donors (Lipinski definition) is 0. The highest BCUT2D eigenvalue weighted by atomic mass is 35.7. The van der Waals surface area contributed by atoms with Crippen LogP contribution in [0.15, 0.2) is 35.4 Å². The van der Waals surface area contributed by atoms with Crippen LogP contribution in [-0.2, 0) is 9.05 Å². The molecule has 1 heterocycles. The Bertz CT molecular complexity index is 757. The van der Waals surface area contributed by atoms with Gasteiger partial charge in [0.2, 0.25) is 0 Å². The molecule has 2 rings (SSSR count). The molecule has 0 N–H and O–H groups in total. The van der Waals surface area contributed by atoms with Crippen LogP contribution in [-0.4, -0.2) is 20.9 Å². The fraction of sp³-hybridized carbons (Fsp3) is 0.429. The zero-order chi connectivity index (χ0) is 15.3.